The highest BCUT2D eigenvalue weighted by Gasteiger charge is 2.48. The molecule has 1 aromatic carbocycles. The number of likely N-dealkylation sites (tertiary alicyclic amines) is 1. The quantitative estimate of drug-likeness (QED) is 0.280. The van der Waals surface area contributed by atoms with Crippen molar-refractivity contribution in [3.05, 3.63) is 23.8 Å². The van der Waals surface area contributed by atoms with Gasteiger partial charge >= 0.3 is 21.7 Å². The summed E-state index contributed by atoms with van der Waals surface area (Å²) in [6.07, 6.45) is 0.350. The Morgan fingerprint density at radius 1 is 1.20 bits per heavy atom. The maximum absolute atomic E-state index is 13.5. The van der Waals surface area contributed by atoms with Crippen LogP contribution in [0.3, 0.4) is 0 Å². The second kappa shape index (κ2) is 11.8. The molecule has 0 radical (unpaired) electrons. The normalized spacial score (nSPS) is 16.8. The summed E-state index contributed by atoms with van der Waals surface area (Å²) in [6.45, 7) is 4.25. The van der Waals surface area contributed by atoms with Gasteiger partial charge < -0.3 is 28.6 Å². The Bertz CT molecular complexity index is 1000. The number of hydrogen-bond acceptors (Lipinski definition) is 7. The summed E-state index contributed by atoms with van der Waals surface area (Å²) < 4.78 is 76.3. The predicted octanol–water partition coefficient (Wildman–Crippen LogP) is 3.32. The number of piperidine rings is 1. The Balaban J connectivity index is 2.41. The number of carboxylic acid groups (broad SMARTS) is 1. The highest BCUT2D eigenvalue weighted by Crippen LogP contribution is 2.31. The minimum atomic E-state index is -5.99. The summed E-state index contributed by atoms with van der Waals surface area (Å²) in [7, 11) is -4.51. The number of amides is 2. The first-order valence-corrected chi connectivity index (χ1v) is 12.3. The molecule has 1 atom stereocenters. The summed E-state index contributed by atoms with van der Waals surface area (Å²) in [4.78, 5) is 27.5. The number of benzene rings is 1. The van der Waals surface area contributed by atoms with Crippen molar-refractivity contribution in [1.82, 2.24) is 9.80 Å². The fourth-order valence-corrected chi connectivity index (χ4v) is 4.16. The molecule has 198 valence electrons. The predicted molar refractivity (Wildman–Crippen MR) is 118 cm³/mol. The third-order valence-electron chi connectivity index (χ3n) is 5.23. The van der Waals surface area contributed by atoms with Crippen LogP contribution in [0.2, 0.25) is 0 Å². The fraction of sp³-hybridized carbons (Fsp3) is 0.619. The Labute approximate surface area is 201 Å². The van der Waals surface area contributed by atoms with E-state index >= 15 is 0 Å². The van der Waals surface area contributed by atoms with E-state index in [0.29, 0.717) is 32.4 Å². The second-order valence-corrected chi connectivity index (χ2v) is 9.74. The zero-order valence-corrected chi connectivity index (χ0v) is 20.4. The minimum Gasteiger partial charge on any atom is -0.493 e. The Kier molecular flexibility index (Phi) is 9.60. The molecule has 1 heterocycles. The van der Waals surface area contributed by atoms with Gasteiger partial charge in [0.05, 0.1) is 12.6 Å². The van der Waals surface area contributed by atoms with Crippen LogP contribution in [0.25, 0.3) is 0 Å². The standard InChI is InChI=1S/C21H29F3N2O8S/c1-14(2)26(16-6-4-7-25(13-16)20(28)29)19(27)15-10-17(33-9-5-8-32-3)12-18(11-15)34-35(30,31)21(22,23)24/h10-12,14,16H,4-9,13H2,1-3H3,(H,28,29)/t16-/m1/s1. The van der Waals surface area contributed by atoms with E-state index < -0.39 is 45.5 Å². The van der Waals surface area contributed by atoms with Gasteiger partial charge in [0.25, 0.3) is 5.91 Å². The molecule has 1 saturated heterocycles. The molecular formula is C21H29F3N2O8S. The zero-order valence-electron chi connectivity index (χ0n) is 19.6. The van der Waals surface area contributed by atoms with Crippen molar-refractivity contribution in [3.63, 3.8) is 0 Å². The molecule has 0 unspecified atom stereocenters. The van der Waals surface area contributed by atoms with Crippen molar-refractivity contribution in [2.24, 2.45) is 0 Å². The highest BCUT2D eigenvalue weighted by molar-refractivity contribution is 7.88. The first kappa shape index (κ1) is 28.5. The van der Waals surface area contributed by atoms with E-state index in [1.54, 1.807) is 13.8 Å². The molecule has 14 heteroatoms. The SMILES string of the molecule is COCCCOc1cc(OS(=O)(=O)C(F)(F)F)cc(C(=O)N(C(C)C)[C@@H]2CCCN(C(=O)O)C2)c1. The van der Waals surface area contributed by atoms with E-state index in [1.165, 1.54) is 23.0 Å². The van der Waals surface area contributed by atoms with Crippen molar-refractivity contribution in [2.45, 2.75) is 50.7 Å². The van der Waals surface area contributed by atoms with Crippen LogP contribution in [-0.4, -0.2) is 86.3 Å². The van der Waals surface area contributed by atoms with E-state index in [9.17, 15) is 36.3 Å². The smallest absolute Gasteiger partial charge is 0.493 e. The van der Waals surface area contributed by atoms with E-state index in [-0.39, 0.29) is 24.5 Å². The van der Waals surface area contributed by atoms with Crippen LogP contribution >= 0.6 is 0 Å². The van der Waals surface area contributed by atoms with Gasteiger partial charge in [-0.05, 0) is 38.8 Å². The molecule has 1 aliphatic heterocycles. The van der Waals surface area contributed by atoms with Crippen molar-refractivity contribution < 1.29 is 49.9 Å². The number of carbonyl (C=O) groups is 2. The number of alkyl halides is 3. The van der Waals surface area contributed by atoms with Crippen LogP contribution in [0.5, 0.6) is 11.5 Å². The van der Waals surface area contributed by atoms with Crippen LogP contribution in [0.4, 0.5) is 18.0 Å². The van der Waals surface area contributed by atoms with Crippen LogP contribution in [0.15, 0.2) is 18.2 Å². The molecule has 0 saturated carbocycles. The number of halogens is 3. The van der Waals surface area contributed by atoms with Gasteiger partial charge in [-0.15, -0.1) is 0 Å². The fourth-order valence-electron chi connectivity index (χ4n) is 3.72. The Morgan fingerprint density at radius 2 is 1.86 bits per heavy atom. The third kappa shape index (κ3) is 7.62. The number of rotatable bonds is 10. The highest BCUT2D eigenvalue weighted by atomic mass is 32.2. The molecule has 0 bridgehead atoms. The monoisotopic (exact) mass is 526 g/mol. The van der Waals surface area contributed by atoms with E-state index in [0.717, 1.165) is 12.1 Å². The average Bonchev–Trinajstić information content (AvgIpc) is 2.75. The molecule has 0 aromatic heterocycles. The maximum Gasteiger partial charge on any atom is 0.534 e. The number of methoxy groups -OCH3 is 1. The molecule has 1 fully saturated rings. The minimum absolute atomic E-state index is 0.0677. The molecule has 1 aliphatic rings. The lowest BCUT2D eigenvalue weighted by Gasteiger charge is -2.40. The van der Waals surface area contributed by atoms with E-state index in [1.807, 2.05) is 0 Å². The molecule has 1 N–H and O–H groups in total. The number of nitrogens with zero attached hydrogens (tertiary/aromatic N) is 2. The number of ether oxygens (including phenoxy) is 2. The van der Waals surface area contributed by atoms with Gasteiger partial charge in [-0.1, -0.05) is 0 Å². The summed E-state index contributed by atoms with van der Waals surface area (Å²) in [6, 6.07) is 2.23. The topological polar surface area (TPSA) is 123 Å². The summed E-state index contributed by atoms with van der Waals surface area (Å²) in [5.74, 6) is -1.44. The first-order valence-electron chi connectivity index (χ1n) is 10.8. The first-order chi connectivity index (χ1) is 16.3. The third-order valence-corrected chi connectivity index (χ3v) is 6.21. The van der Waals surface area contributed by atoms with Gasteiger partial charge in [0.15, 0.2) is 0 Å². The Morgan fingerprint density at radius 3 is 2.43 bits per heavy atom. The van der Waals surface area contributed by atoms with Gasteiger partial charge in [0.1, 0.15) is 11.5 Å². The molecule has 10 nitrogen and oxygen atoms in total. The molecule has 35 heavy (non-hydrogen) atoms. The zero-order chi connectivity index (χ0) is 26.4. The summed E-state index contributed by atoms with van der Waals surface area (Å²) in [5.41, 5.74) is -5.83. The van der Waals surface area contributed by atoms with Crippen LogP contribution < -0.4 is 8.92 Å². The lowest BCUT2D eigenvalue weighted by Crippen LogP contribution is -2.53. The van der Waals surface area contributed by atoms with Crippen molar-refractivity contribution in [3.8, 4) is 11.5 Å². The summed E-state index contributed by atoms with van der Waals surface area (Å²) >= 11 is 0. The van der Waals surface area contributed by atoms with Crippen molar-refractivity contribution >= 4 is 22.1 Å². The molecule has 0 spiro atoms. The average molecular weight is 527 g/mol. The van der Waals surface area contributed by atoms with Crippen LogP contribution in [0.1, 0.15) is 43.5 Å². The number of carbonyl (C=O) groups excluding carboxylic acids is 1. The van der Waals surface area contributed by atoms with Crippen LogP contribution in [-0.2, 0) is 14.9 Å². The Hall–Kier alpha value is -2.74. The van der Waals surface area contributed by atoms with Gasteiger partial charge in [-0.2, -0.15) is 21.6 Å². The molecule has 2 amide bonds. The molecule has 0 aliphatic carbocycles. The van der Waals surface area contributed by atoms with Crippen molar-refractivity contribution in [2.75, 3.05) is 33.4 Å². The number of hydrogen-bond donors (Lipinski definition) is 1. The van der Waals surface area contributed by atoms with E-state index in [4.69, 9.17) is 9.47 Å². The van der Waals surface area contributed by atoms with Gasteiger partial charge in [0, 0.05) is 50.9 Å². The van der Waals surface area contributed by atoms with E-state index in [2.05, 4.69) is 4.18 Å². The lowest BCUT2D eigenvalue weighted by atomic mass is 10.0. The van der Waals surface area contributed by atoms with Gasteiger partial charge in [-0.3, -0.25) is 4.79 Å². The summed E-state index contributed by atoms with van der Waals surface area (Å²) in [5, 5.41) is 9.33. The van der Waals surface area contributed by atoms with Gasteiger partial charge in [-0.25, -0.2) is 4.79 Å². The second-order valence-electron chi connectivity index (χ2n) is 8.20. The largest absolute Gasteiger partial charge is 0.534 e. The van der Waals surface area contributed by atoms with Gasteiger partial charge in [0.2, 0.25) is 0 Å². The molecular weight excluding hydrogens is 497 g/mol. The lowest BCUT2D eigenvalue weighted by molar-refractivity contribution is -0.0500. The van der Waals surface area contributed by atoms with Crippen LogP contribution in [0, 0.1) is 0 Å². The van der Waals surface area contributed by atoms with Crippen molar-refractivity contribution in [1.29, 1.82) is 0 Å². The molecule has 1 aromatic rings. The maximum atomic E-state index is 13.5. The molecule has 2 rings (SSSR count).